The Labute approximate surface area is 219 Å². The minimum atomic E-state index is -0.387. The fourth-order valence-corrected chi connectivity index (χ4v) is 5.76. The van der Waals surface area contributed by atoms with Gasteiger partial charge < -0.3 is 18.8 Å². The fourth-order valence-electron chi connectivity index (χ4n) is 5.76. The number of nitrogens with zero attached hydrogens (tertiary/aromatic N) is 5. The van der Waals surface area contributed by atoms with Crippen LogP contribution in [0.2, 0.25) is 0 Å². The first-order valence-corrected chi connectivity index (χ1v) is 12.7. The van der Waals surface area contributed by atoms with Gasteiger partial charge in [0, 0.05) is 43.8 Å². The number of ether oxygens (including phenoxy) is 2. The number of halogens is 1. The molecule has 1 saturated heterocycles. The van der Waals surface area contributed by atoms with Crippen LogP contribution in [0.25, 0.3) is 33.2 Å². The minimum Gasteiger partial charge on any atom is -0.478 e. The molecule has 5 aromatic rings. The summed E-state index contributed by atoms with van der Waals surface area (Å²) < 4.78 is 31.2. The quantitative estimate of drug-likeness (QED) is 0.288. The van der Waals surface area contributed by atoms with Crippen molar-refractivity contribution in [3.05, 3.63) is 71.7 Å². The number of aryl methyl sites for hydroxylation is 1. The summed E-state index contributed by atoms with van der Waals surface area (Å²) in [6.45, 7) is 1.32. The number of aldehydes is 1. The number of hydrogen-bond donors (Lipinski definition) is 0. The van der Waals surface area contributed by atoms with Crippen molar-refractivity contribution in [2.24, 2.45) is 13.0 Å². The number of carbonyl (C=O) groups is 1. The van der Waals surface area contributed by atoms with E-state index in [0.717, 1.165) is 35.8 Å². The Balaban J connectivity index is 1.70. The summed E-state index contributed by atoms with van der Waals surface area (Å²) in [5.74, 6) is 0.220. The summed E-state index contributed by atoms with van der Waals surface area (Å²) in [6, 6.07) is 15.6. The highest BCUT2D eigenvalue weighted by molar-refractivity contribution is 6.07. The Morgan fingerprint density at radius 3 is 2.71 bits per heavy atom. The average Bonchev–Trinajstić information content (AvgIpc) is 3.49. The Morgan fingerprint density at radius 2 is 1.97 bits per heavy atom. The first-order chi connectivity index (χ1) is 18.6. The van der Waals surface area contributed by atoms with Crippen LogP contribution in [0.3, 0.4) is 0 Å². The molecule has 0 radical (unpaired) electrons. The number of carbonyl (C=O) groups excluding carboxylic acids is 1. The number of pyridine rings is 1. The van der Waals surface area contributed by atoms with Crippen LogP contribution in [0.1, 0.15) is 30.0 Å². The van der Waals surface area contributed by atoms with Crippen LogP contribution in [0.4, 0.5) is 4.39 Å². The molecule has 0 amide bonds. The van der Waals surface area contributed by atoms with Crippen LogP contribution < -0.4 is 4.74 Å². The van der Waals surface area contributed by atoms with Crippen LogP contribution in [0, 0.1) is 11.7 Å². The van der Waals surface area contributed by atoms with Crippen molar-refractivity contribution in [3.8, 4) is 17.1 Å². The molecule has 2 aromatic carbocycles. The molecule has 3 aromatic heterocycles. The van der Waals surface area contributed by atoms with Crippen molar-refractivity contribution in [1.82, 2.24) is 24.5 Å². The molecule has 0 bridgehead atoms. The maximum absolute atomic E-state index is 16.3. The highest BCUT2D eigenvalue weighted by atomic mass is 19.1. The van der Waals surface area contributed by atoms with E-state index >= 15 is 4.39 Å². The number of rotatable bonds is 7. The standard InChI is InChI=1S/C29H28FN5O3/c1-34-27(29(37-2)32-33-34)21-16-23-25(31-17-21)22-9-8-18(10-13-36)24(30)28(22)35(23)26(19-6-4-3-5-7-19)20-11-14-38-15-12-20/h3-9,13,16-17,20,26H,10-12,14-15H2,1-2H3/t26-/m1/s1. The molecule has 0 unspecified atom stereocenters. The zero-order valence-electron chi connectivity index (χ0n) is 21.3. The largest absolute Gasteiger partial charge is 0.478 e. The molecule has 1 aliphatic rings. The third-order valence-electron chi connectivity index (χ3n) is 7.52. The molecule has 8 nitrogen and oxygen atoms in total. The molecule has 1 atom stereocenters. The maximum atomic E-state index is 16.3. The lowest BCUT2D eigenvalue weighted by atomic mass is 9.86. The molecular formula is C29H28FN5O3. The lowest BCUT2D eigenvalue weighted by molar-refractivity contribution is -0.107. The van der Waals surface area contributed by atoms with Gasteiger partial charge in [-0.1, -0.05) is 52.8 Å². The Kier molecular flexibility index (Phi) is 6.37. The first-order valence-electron chi connectivity index (χ1n) is 12.7. The third-order valence-corrected chi connectivity index (χ3v) is 7.52. The number of fused-ring (bicyclic) bond motifs is 3. The van der Waals surface area contributed by atoms with Gasteiger partial charge in [-0.25, -0.2) is 9.07 Å². The molecule has 194 valence electrons. The minimum absolute atomic E-state index is 0.00708. The third kappa shape index (κ3) is 3.94. The summed E-state index contributed by atoms with van der Waals surface area (Å²) in [5.41, 5.74) is 4.85. The molecule has 0 saturated carbocycles. The van der Waals surface area contributed by atoms with Crippen molar-refractivity contribution < 1.29 is 18.7 Å². The molecule has 9 heteroatoms. The van der Waals surface area contributed by atoms with E-state index < -0.39 is 0 Å². The predicted molar refractivity (Wildman–Crippen MR) is 142 cm³/mol. The van der Waals surface area contributed by atoms with E-state index in [9.17, 15) is 4.79 Å². The lowest BCUT2D eigenvalue weighted by Gasteiger charge is -2.33. The SMILES string of the molecule is COc1nnn(C)c1-c1cnc2c3ccc(CC=O)c(F)c3n([C@H](c3ccccc3)C3CCOCC3)c2c1. The van der Waals surface area contributed by atoms with Gasteiger partial charge >= 0.3 is 0 Å². The number of aromatic nitrogens is 5. The summed E-state index contributed by atoms with van der Waals surface area (Å²) in [5, 5.41) is 8.93. The number of methoxy groups -OCH3 is 1. The van der Waals surface area contributed by atoms with Gasteiger partial charge in [0.2, 0.25) is 0 Å². The average molecular weight is 514 g/mol. The predicted octanol–water partition coefficient (Wildman–Crippen LogP) is 4.89. The van der Waals surface area contributed by atoms with Gasteiger partial charge in [0.15, 0.2) is 5.82 Å². The van der Waals surface area contributed by atoms with Crippen LogP contribution in [0.15, 0.2) is 54.7 Å². The molecule has 0 spiro atoms. The van der Waals surface area contributed by atoms with E-state index in [-0.39, 0.29) is 24.2 Å². The molecule has 0 aliphatic carbocycles. The van der Waals surface area contributed by atoms with E-state index in [2.05, 4.69) is 27.0 Å². The van der Waals surface area contributed by atoms with Gasteiger partial charge in [-0.2, -0.15) is 0 Å². The second-order valence-corrected chi connectivity index (χ2v) is 9.64. The zero-order valence-corrected chi connectivity index (χ0v) is 21.3. The van der Waals surface area contributed by atoms with Gasteiger partial charge in [0.25, 0.3) is 5.88 Å². The van der Waals surface area contributed by atoms with Gasteiger partial charge in [-0.15, -0.1) is 0 Å². The summed E-state index contributed by atoms with van der Waals surface area (Å²) in [4.78, 5) is 16.2. The summed E-state index contributed by atoms with van der Waals surface area (Å²) in [6.07, 6.45) is 4.19. The monoisotopic (exact) mass is 513 g/mol. The fraction of sp³-hybridized carbons (Fsp3) is 0.310. The molecular weight excluding hydrogens is 485 g/mol. The van der Waals surface area contributed by atoms with Gasteiger partial charge in [-0.3, -0.25) is 4.98 Å². The van der Waals surface area contributed by atoms with E-state index in [1.165, 1.54) is 0 Å². The van der Waals surface area contributed by atoms with Gasteiger partial charge in [-0.05, 0) is 36.0 Å². The number of hydrogen-bond acceptors (Lipinski definition) is 6. The highest BCUT2D eigenvalue weighted by Gasteiger charge is 2.32. The smallest absolute Gasteiger partial charge is 0.261 e. The number of benzene rings is 2. The van der Waals surface area contributed by atoms with Crippen LogP contribution in [-0.2, 0) is 23.0 Å². The van der Waals surface area contributed by atoms with E-state index in [1.54, 1.807) is 31.1 Å². The van der Waals surface area contributed by atoms with E-state index in [4.69, 9.17) is 14.5 Å². The topological polar surface area (TPSA) is 84.1 Å². The van der Waals surface area contributed by atoms with E-state index in [0.29, 0.717) is 46.8 Å². The van der Waals surface area contributed by atoms with Crippen molar-refractivity contribution in [1.29, 1.82) is 0 Å². The zero-order chi connectivity index (χ0) is 26.2. The summed E-state index contributed by atoms with van der Waals surface area (Å²) >= 11 is 0. The van der Waals surface area contributed by atoms with E-state index in [1.807, 2.05) is 30.3 Å². The second kappa shape index (κ2) is 9.98. The molecule has 4 heterocycles. The Hall–Kier alpha value is -4.11. The first kappa shape index (κ1) is 24.2. The van der Waals surface area contributed by atoms with Crippen molar-refractivity contribution in [2.45, 2.75) is 25.3 Å². The van der Waals surface area contributed by atoms with Crippen molar-refractivity contribution in [2.75, 3.05) is 20.3 Å². The van der Waals surface area contributed by atoms with Gasteiger partial charge in [0.1, 0.15) is 12.0 Å². The van der Waals surface area contributed by atoms with Crippen LogP contribution in [0.5, 0.6) is 5.88 Å². The Bertz CT molecular complexity index is 1620. The van der Waals surface area contributed by atoms with Gasteiger partial charge in [0.05, 0.1) is 29.7 Å². The maximum Gasteiger partial charge on any atom is 0.261 e. The molecule has 1 fully saturated rings. The molecule has 0 N–H and O–H groups in total. The summed E-state index contributed by atoms with van der Waals surface area (Å²) in [7, 11) is 3.35. The van der Waals surface area contributed by atoms with Crippen molar-refractivity contribution >= 4 is 28.2 Å². The van der Waals surface area contributed by atoms with Crippen molar-refractivity contribution in [3.63, 3.8) is 0 Å². The molecule has 38 heavy (non-hydrogen) atoms. The lowest BCUT2D eigenvalue weighted by Crippen LogP contribution is -2.27. The second-order valence-electron chi connectivity index (χ2n) is 9.64. The Morgan fingerprint density at radius 1 is 1.18 bits per heavy atom. The molecule has 1 aliphatic heterocycles. The van der Waals surface area contributed by atoms with Crippen LogP contribution >= 0.6 is 0 Å². The normalized spacial score (nSPS) is 15.2. The molecule has 6 rings (SSSR count). The van der Waals surface area contributed by atoms with Crippen LogP contribution in [-0.4, -0.2) is 51.2 Å². The highest BCUT2D eigenvalue weighted by Crippen LogP contribution is 2.42.